The van der Waals surface area contributed by atoms with Gasteiger partial charge in [0.25, 0.3) is 11.8 Å². The lowest BCUT2D eigenvalue weighted by molar-refractivity contribution is -0.112. The highest BCUT2D eigenvalue weighted by Crippen LogP contribution is 2.25. The van der Waals surface area contributed by atoms with E-state index in [0.29, 0.717) is 29.4 Å². The van der Waals surface area contributed by atoms with Gasteiger partial charge < -0.3 is 14.8 Å². The largest absolute Gasteiger partial charge is 0.349 e. The molecule has 1 saturated heterocycles. The van der Waals surface area contributed by atoms with E-state index in [1.165, 1.54) is 0 Å². The summed E-state index contributed by atoms with van der Waals surface area (Å²) >= 11 is 6.11. The standard InChI is InChI=1S/C24H27ClN4O2/c1-4-9-29-16(2)12-18(17(29)3)13-19(15-26)23(30)27-22-8-7-20(25)14-21(22)24(31)28-10-5-6-11-28/h7-8,12-14H,4-6,9-11H2,1-3H3,(H,27,30)/b19-13+. The predicted octanol–water partition coefficient (Wildman–Crippen LogP) is 4.95. The molecule has 0 unspecified atom stereocenters. The van der Waals surface area contributed by atoms with E-state index in [0.717, 1.165) is 42.8 Å². The third kappa shape index (κ3) is 5.00. The Bertz CT molecular complexity index is 1070. The Morgan fingerprint density at radius 3 is 2.58 bits per heavy atom. The Morgan fingerprint density at radius 2 is 1.94 bits per heavy atom. The molecule has 31 heavy (non-hydrogen) atoms. The Hall–Kier alpha value is -3.04. The summed E-state index contributed by atoms with van der Waals surface area (Å²) in [6.45, 7) is 8.36. The molecule has 0 aliphatic carbocycles. The Morgan fingerprint density at radius 1 is 1.23 bits per heavy atom. The topological polar surface area (TPSA) is 78.1 Å². The maximum Gasteiger partial charge on any atom is 0.266 e. The molecule has 2 aromatic rings. The first-order valence-corrected chi connectivity index (χ1v) is 10.9. The van der Waals surface area contributed by atoms with Crippen molar-refractivity contribution >= 4 is 35.2 Å². The number of carbonyl (C=O) groups is 2. The van der Waals surface area contributed by atoms with Crippen LogP contribution in [0, 0.1) is 25.2 Å². The van der Waals surface area contributed by atoms with Gasteiger partial charge in [-0.3, -0.25) is 9.59 Å². The Balaban J connectivity index is 1.88. The number of aryl methyl sites for hydroxylation is 1. The van der Waals surface area contributed by atoms with Crippen LogP contribution in [0.1, 0.15) is 53.5 Å². The molecule has 3 rings (SSSR count). The highest BCUT2D eigenvalue weighted by atomic mass is 35.5. The van der Waals surface area contributed by atoms with Gasteiger partial charge in [0.1, 0.15) is 11.6 Å². The third-order valence-electron chi connectivity index (χ3n) is 5.58. The summed E-state index contributed by atoms with van der Waals surface area (Å²) in [5, 5.41) is 12.8. The zero-order chi connectivity index (χ0) is 22.5. The number of benzene rings is 1. The van der Waals surface area contributed by atoms with Gasteiger partial charge in [0.2, 0.25) is 0 Å². The lowest BCUT2D eigenvalue weighted by atomic mass is 10.1. The van der Waals surface area contributed by atoms with Crippen LogP contribution in [0.2, 0.25) is 5.02 Å². The fourth-order valence-corrected chi connectivity index (χ4v) is 4.10. The van der Waals surface area contributed by atoms with Gasteiger partial charge >= 0.3 is 0 Å². The molecule has 0 bridgehead atoms. The number of aromatic nitrogens is 1. The van der Waals surface area contributed by atoms with Crippen molar-refractivity contribution < 1.29 is 9.59 Å². The van der Waals surface area contributed by atoms with Gasteiger partial charge in [-0.25, -0.2) is 0 Å². The number of hydrogen-bond donors (Lipinski definition) is 1. The van der Waals surface area contributed by atoms with Crippen molar-refractivity contribution in [2.45, 2.75) is 46.6 Å². The van der Waals surface area contributed by atoms with E-state index in [1.54, 1.807) is 29.2 Å². The van der Waals surface area contributed by atoms with Crippen LogP contribution in [0.4, 0.5) is 5.69 Å². The highest BCUT2D eigenvalue weighted by Gasteiger charge is 2.23. The van der Waals surface area contributed by atoms with Gasteiger partial charge in [-0.2, -0.15) is 5.26 Å². The normalized spacial score (nSPS) is 13.9. The van der Waals surface area contributed by atoms with Crippen molar-refractivity contribution in [2.75, 3.05) is 18.4 Å². The second-order valence-corrected chi connectivity index (χ2v) is 8.23. The number of nitrogens with zero attached hydrogens (tertiary/aromatic N) is 3. The maximum atomic E-state index is 12.9. The molecule has 1 N–H and O–H groups in total. The van der Waals surface area contributed by atoms with Gasteiger partial charge in [-0.05, 0) is 69.0 Å². The van der Waals surface area contributed by atoms with Crippen molar-refractivity contribution in [2.24, 2.45) is 0 Å². The first-order chi connectivity index (χ1) is 14.8. The number of nitriles is 1. The predicted molar refractivity (Wildman–Crippen MR) is 123 cm³/mol. The summed E-state index contributed by atoms with van der Waals surface area (Å²) < 4.78 is 2.17. The summed E-state index contributed by atoms with van der Waals surface area (Å²) in [5.74, 6) is -0.721. The molecular weight excluding hydrogens is 412 g/mol. The fourth-order valence-electron chi connectivity index (χ4n) is 3.93. The average Bonchev–Trinajstić information content (AvgIpc) is 3.37. The molecule has 1 aromatic heterocycles. The van der Waals surface area contributed by atoms with E-state index in [-0.39, 0.29) is 11.5 Å². The van der Waals surface area contributed by atoms with Gasteiger partial charge in [0, 0.05) is 36.0 Å². The van der Waals surface area contributed by atoms with Gasteiger partial charge in [-0.15, -0.1) is 0 Å². The number of anilines is 1. The molecule has 162 valence electrons. The molecular formula is C24H27ClN4O2. The molecule has 1 aromatic carbocycles. The molecule has 0 atom stereocenters. The van der Waals surface area contributed by atoms with E-state index in [4.69, 9.17) is 11.6 Å². The molecule has 0 radical (unpaired) electrons. The number of hydrogen-bond acceptors (Lipinski definition) is 3. The lowest BCUT2D eigenvalue weighted by Crippen LogP contribution is -2.29. The minimum absolute atomic E-state index is 0.0220. The fraction of sp³-hybridized carbons (Fsp3) is 0.375. The van der Waals surface area contributed by atoms with E-state index in [2.05, 4.69) is 16.8 Å². The summed E-state index contributed by atoms with van der Waals surface area (Å²) in [4.78, 5) is 27.6. The number of nitrogens with one attached hydrogen (secondary N) is 1. The van der Waals surface area contributed by atoms with Crippen molar-refractivity contribution in [1.29, 1.82) is 5.26 Å². The summed E-state index contributed by atoms with van der Waals surface area (Å²) in [7, 11) is 0. The number of halogens is 1. The minimum Gasteiger partial charge on any atom is -0.349 e. The smallest absolute Gasteiger partial charge is 0.266 e. The molecule has 0 spiro atoms. The molecule has 7 heteroatoms. The van der Waals surface area contributed by atoms with Crippen LogP contribution in [-0.4, -0.2) is 34.4 Å². The van der Waals surface area contributed by atoms with E-state index < -0.39 is 5.91 Å². The SMILES string of the molecule is CCCn1c(C)cc(/C=C(\C#N)C(=O)Nc2ccc(Cl)cc2C(=O)N2CCCC2)c1C. The number of amides is 2. The van der Waals surface area contributed by atoms with Gasteiger partial charge in [0.15, 0.2) is 0 Å². The van der Waals surface area contributed by atoms with Crippen molar-refractivity contribution in [3.05, 3.63) is 57.4 Å². The van der Waals surface area contributed by atoms with Gasteiger partial charge in [-0.1, -0.05) is 18.5 Å². The zero-order valence-electron chi connectivity index (χ0n) is 18.2. The van der Waals surface area contributed by atoms with E-state index in [1.807, 2.05) is 26.0 Å². The molecule has 0 saturated carbocycles. The third-order valence-corrected chi connectivity index (χ3v) is 5.81. The van der Waals surface area contributed by atoms with Crippen LogP contribution in [0.25, 0.3) is 6.08 Å². The molecule has 2 heterocycles. The first kappa shape index (κ1) is 22.6. The molecule has 1 fully saturated rings. The van der Waals surface area contributed by atoms with E-state index in [9.17, 15) is 14.9 Å². The van der Waals surface area contributed by atoms with Crippen LogP contribution in [0.15, 0.2) is 29.8 Å². The maximum absolute atomic E-state index is 12.9. The van der Waals surface area contributed by atoms with Crippen LogP contribution < -0.4 is 5.32 Å². The average molecular weight is 439 g/mol. The second-order valence-electron chi connectivity index (χ2n) is 7.79. The number of carbonyl (C=O) groups excluding carboxylic acids is 2. The highest BCUT2D eigenvalue weighted by molar-refractivity contribution is 6.31. The van der Waals surface area contributed by atoms with Gasteiger partial charge in [0.05, 0.1) is 11.3 Å². The van der Waals surface area contributed by atoms with Crippen molar-refractivity contribution in [1.82, 2.24) is 9.47 Å². The first-order valence-electron chi connectivity index (χ1n) is 10.5. The molecule has 6 nitrogen and oxygen atoms in total. The van der Waals surface area contributed by atoms with Crippen molar-refractivity contribution in [3.63, 3.8) is 0 Å². The zero-order valence-corrected chi connectivity index (χ0v) is 18.9. The molecule has 2 amide bonds. The van der Waals surface area contributed by atoms with Crippen molar-refractivity contribution in [3.8, 4) is 6.07 Å². The summed E-state index contributed by atoms with van der Waals surface area (Å²) in [6.07, 6.45) is 4.52. The minimum atomic E-state index is -0.555. The monoisotopic (exact) mass is 438 g/mol. The van der Waals surface area contributed by atoms with Crippen LogP contribution in [0.3, 0.4) is 0 Å². The molecule has 1 aliphatic heterocycles. The van der Waals surface area contributed by atoms with Crippen LogP contribution >= 0.6 is 11.6 Å². The Kier molecular flexibility index (Phi) is 7.19. The summed E-state index contributed by atoms with van der Waals surface area (Å²) in [6, 6.07) is 8.75. The number of rotatable bonds is 6. The molecule has 1 aliphatic rings. The second kappa shape index (κ2) is 9.84. The lowest BCUT2D eigenvalue weighted by Gasteiger charge is -2.18. The number of likely N-dealkylation sites (tertiary alicyclic amines) is 1. The van der Waals surface area contributed by atoms with Crippen LogP contribution in [-0.2, 0) is 11.3 Å². The quantitative estimate of drug-likeness (QED) is 0.512. The van der Waals surface area contributed by atoms with E-state index >= 15 is 0 Å². The van der Waals surface area contributed by atoms with Crippen LogP contribution in [0.5, 0.6) is 0 Å². The summed E-state index contributed by atoms with van der Waals surface area (Å²) in [5.41, 5.74) is 3.59. The Labute approximate surface area is 188 Å².